The van der Waals surface area contributed by atoms with Crippen LogP contribution in [0.4, 0.5) is 0 Å². The van der Waals surface area contributed by atoms with Crippen LogP contribution in [-0.2, 0) is 0 Å². The number of nitrogens with zero attached hydrogens (tertiary/aromatic N) is 1. The average Bonchev–Trinajstić information content (AvgIpc) is 2.18. The van der Waals surface area contributed by atoms with Crippen molar-refractivity contribution in [3.05, 3.63) is 24.4 Å². The van der Waals surface area contributed by atoms with Crippen molar-refractivity contribution in [3.8, 4) is 0 Å². The molecule has 2 unspecified atom stereocenters. The Morgan fingerprint density at radius 3 is 2.60 bits per heavy atom. The zero-order valence-electron chi connectivity index (χ0n) is 10.4. The first-order chi connectivity index (χ1) is 6.96. The van der Waals surface area contributed by atoms with Crippen molar-refractivity contribution in [2.75, 3.05) is 4.93 Å². The van der Waals surface area contributed by atoms with Crippen LogP contribution in [0.3, 0.4) is 0 Å². The van der Waals surface area contributed by atoms with Crippen molar-refractivity contribution in [2.24, 2.45) is 10.9 Å². The molecule has 0 aromatic carbocycles. The molecule has 2 heteroatoms. The monoisotopic (exact) mass is 319 g/mol. The van der Waals surface area contributed by atoms with Gasteiger partial charge in [-0.05, 0) is 0 Å². The third-order valence-electron chi connectivity index (χ3n) is 2.83. The normalized spacial score (nSPS) is 35.9. The van der Waals surface area contributed by atoms with Crippen LogP contribution < -0.4 is 0 Å². The molecule has 0 aromatic heterocycles. The first-order valence-electron chi connectivity index (χ1n) is 5.44. The molecule has 1 rings (SSSR count). The standard InChI is InChI=1S/C13H22IN/c1-11(2)14(5)13(4)7-6-12(3)10-15-9-8-13/h6-12H,1-5H3/b7-6-,9-8-,15-10?. The molecule has 0 saturated carbocycles. The number of allylic oxidation sites excluding steroid dienone is 3. The van der Waals surface area contributed by atoms with Gasteiger partial charge in [0.1, 0.15) is 0 Å². The summed E-state index contributed by atoms with van der Waals surface area (Å²) in [4.78, 5) is 6.79. The van der Waals surface area contributed by atoms with Crippen molar-refractivity contribution in [2.45, 2.75) is 35.0 Å². The Bertz CT molecular complexity index is 291. The van der Waals surface area contributed by atoms with Gasteiger partial charge in [0.05, 0.1) is 0 Å². The second kappa shape index (κ2) is 5.28. The third-order valence-corrected chi connectivity index (χ3v) is 11.0. The molecule has 0 saturated heterocycles. The number of alkyl halides is 3. The van der Waals surface area contributed by atoms with Crippen LogP contribution in [0.5, 0.6) is 0 Å². The van der Waals surface area contributed by atoms with Crippen LogP contribution in [0.1, 0.15) is 27.7 Å². The second-order valence-electron chi connectivity index (χ2n) is 4.51. The van der Waals surface area contributed by atoms with Gasteiger partial charge in [-0.3, -0.25) is 0 Å². The van der Waals surface area contributed by atoms with E-state index >= 15 is 0 Å². The van der Waals surface area contributed by atoms with E-state index in [2.05, 4.69) is 55.8 Å². The number of hydrogen-bond donors (Lipinski definition) is 0. The molecular weight excluding hydrogens is 297 g/mol. The van der Waals surface area contributed by atoms with Gasteiger partial charge in [-0.15, -0.1) is 0 Å². The summed E-state index contributed by atoms with van der Waals surface area (Å²) in [6, 6.07) is 0. The first-order valence-corrected chi connectivity index (χ1v) is 9.93. The van der Waals surface area contributed by atoms with Gasteiger partial charge in [-0.25, -0.2) is 0 Å². The summed E-state index contributed by atoms with van der Waals surface area (Å²) in [5, 5.41) is 0. The van der Waals surface area contributed by atoms with Gasteiger partial charge >= 0.3 is 101 Å². The zero-order valence-corrected chi connectivity index (χ0v) is 12.5. The fourth-order valence-corrected chi connectivity index (χ4v) is 5.68. The van der Waals surface area contributed by atoms with E-state index in [1.807, 2.05) is 12.4 Å². The van der Waals surface area contributed by atoms with Crippen LogP contribution in [0, 0.1) is 5.92 Å². The number of hydrogen-bond acceptors (Lipinski definition) is 1. The minimum atomic E-state index is -0.978. The summed E-state index contributed by atoms with van der Waals surface area (Å²) in [5.41, 5.74) is 0. The fourth-order valence-electron chi connectivity index (χ4n) is 1.49. The molecule has 0 spiro atoms. The molecule has 15 heavy (non-hydrogen) atoms. The van der Waals surface area contributed by atoms with E-state index in [0.717, 1.165) is 3.92 Å². The Kier molecular flexibility index (Phi) is 4.56. The molecule has 0 N–H and O–H groups in total. The average molecular weight is 319 g/mol. The molecule has 1 heterocycles. The maximum absolute atomic E-state index is 4.32. The second-order valence-corrected chi connectivity index (χ2v) is 12.3. The molecular formula is C13H22IN. The molecule has 0 aliphatic carbocycles. The van der Waals surface area contributed by atoms with Crippen molar-refractivity contribution >= 4 is 26.0 Å². The van der Waals surface area contributed by atoms with Crippen LogP contribution in [0.2, 0.25) is 0 Å². The summed E-state index contributed by atoms with van der Waals surface area (Å²) in [6.07, 6.45) is 11.0. The van der Waals surface area contributed by atoms with Crippen LogP contribution >= 0.6 is 19.8 Å². The topological polar surface area (TPSA) is 12.4 Å². The molecule has 0 radical (unpaired) electrons. The summed E-state index contributed by atoms with van der Waals surface area (Å²) in [5.74, 6) is 0.464. The summed E-state index contributed by atoms with van der Waals surface area (Å²) >= 11 is -0.978. The van der Waals surface area contributed by atoms with Gasteiger partial charge in [0.2, 0.25) is 0 Å². The summed E-state index contributed by atoms with van der Waals surface area (Å²) < 4.78 is 1.14. The maximum atomic E-state index is 4.32. The number of rotatable bonds is 2. The molecule has 0 aromatic rings. The number of halogens is 1. The van der Waals surface area contributed by atoms with E-state index in [1.165, 1.54) is 0 Å². The molecule has 86 valence electrons. The van der Waals surface area contributed by atoms with E-state index < -0.39 is 19.8 Å². The van der Waals surface area contributed by atoms with Crippen LogP contribution in [0.15, 0.2) is 29.4 Å². The third kappa shape index (κ3) is 3.44. The van der Waals surface area contributed by atoms with Gasteiger partial charge in [0.15, 0.2) is 0 Å². The van der Waals surface area contributed by atoms with Gasteiger partial charge in [-0.2, -0.15) is 0 Å². The van der Waals surface area contributed by atoms with E-state index in [4.69, 9.17) is 0 Å². The zero-order chi connectivity index (χ0) is 11.5. The summed E-state index contributed by atoms with van der Waals surface area (Å²) in [7, 11) is 0. The Labute approximate surface area is 101 Å². The minimum absolute atomic E-state index is 0.296. The Balaban J connectivity index is 2.96. The molecule has 2 atom stereocenters. The number of aliphatic imine (C=N–C) groups is 1. The van der Waals surface area contributed by atoms with Gasteiger partial charge in [-0.1, -0.05) is 0 Å². The van der Waals surface area contributed by atoms with Crippen LogP contribution in [0.25, 0.3) is 0 Å². The van der Waals surface area contributed by atoms with Crippen molar-refractivity contribution in [3.63, 3.8) is 0 Å². The molecule has 0 amide bonds. The predicted octanol–water partition coefficient (Wildman–Crippen LogP) is 4.08. The van der Waals surface area contributed by atoms with Gasteiger partial charge in [0.25, 0.3) is 0 Å². The fraction of sp³-hybridized carbons (Fsp3) is 0.615. The molecule has 1 aliphatic heterocycles. The van der Waals surface area contributed by atoms with Crippen molar-refractivity contribution in [1.82, 2.24) is 0 Å². The summed E-state index contributed by atoms with van der Waals surface area (Å²) in [6.45, 7) is 9.24. The quantitative estimate of drug-likeness (QED) is 0.413. The van der Waals surface area contributed by atoms with Crippen molar-refractivity contribution in [1.29, 1.82) is 0 Å². The Morgan fingerprint density at radius 1 is 1.33 bits per heavy atom. The van der Waals surface area contributed by atoms with E-state index in [9.17, 15) is 0 Å². The van der Waals surface area contributed by atoms with E-state index in [0.29, 0.717) is 9.34 Å². The van der Waals surface area contributed by atoms with Gasteiger partial charge in [0, 0.05) is 0 Å². The van der Waals surface area contributed by atoms with E-state index in [1.54, 1.807) is 0 Å². The van der Waals surface area contributed by atoms with Gasteiger partial charge < -0.3 is 0 Å². The molecule has 0 bridgehead atoms. The molecule has 0 fully saturated rings. The van der Waals surface area contributed by atoms with E-state index in [-0.39, 0.29) is 0 Å². The Hall–Kier alpha value is -0.120. The predicted molar refractivity (Wildman–Crippen MR) is 79.4 cm³/mol. The molecule has 1 nitrogen and oxygen atoms in total. The Morgan fingerprint density at radius 2 is 2.00 bits per heavy atom. The first kappa shape index (κ1) is 12.9. The van der Waals surface area contributed by atoms with Crippen LogP contribution in [-0.4, -0.2) is 18.5 Å². The van der Waals surface area contributed by atoms with Crippen molar-refractivity contribution < 1.29 is 0 Å². The molecule has 1 aliphatic rings. The SMILES string of the molecule is CC1C=N/C=C\C(C)(I(C)C(C)C)/C=C\1.